The maximum Gasteiger partial charge on any atom is 0.265 e. The van der Waals surface area contributed by atoms with Crippen molar-refractivity contribution < 1.29 is 18.3 Å². The zero-order chi connectivity index (χ0) is 21.3. The summed E-state index contributed by atoms with van der Waals surface area (Å²) in [6, 6.07) is 18.2. The maximum atomic E-state index is 13.3. The molecule has 0 spiro atoms. The van der Waals surface area contributed by atoms with Crippen LogP contribution in [0.5, 0.6) is 5.75 Å². The average molecular weight is 443 g/mol. The normalized spacial score (nSPS) is 13.2. The summed E-state index contributed by atoms with van der Waals surface area (Å²) in [5.74, 6) is -0.391. The van der Waals surface area contributed by atoms with Crippen molar-refractivity contribution >= 4 is 33.2 Å². The number of carbonyl (C=O) groups is 1. The Morgan fingerprint density at radius 3 is 2.60 bits per heavy atom. The molecule has 2 N–H and O–H groups in total. The van der Waals surface area contributed by atoms with Gasteiger partial charge in [0.1, 0.15) is 10.6 Å². The third-order valence-electron chi connectivity index (χ3n) is 5.04. The van der Waals surface area contributed by atoms with Crippen LogP contribution in [0.4, 0.5) is 5.69 Å². The molecule has 0 saturated carbocycles. The number of fused-ring (bicyclic) bond motifs is 1. The number of aromatic hydroxyl groups is 1. The highest BCUT2D eigenvalue weighted by Crippen LogP contribution is 2.35. The van der Waals surface area contributed by atoms with Gasteiger partial charge in [0.25, 0.3) is 15.9 Å². The summed E-state index contributed by atoms with van der Waals surface area (Å²) in [6.45, 7) is 0.428. The zero-order valence-electron chi connectivity index (χ0n) is 15.9. The van der Waals surface area contributed by atoms with Crippen molar-refractivity contribution in [3.8, 4) is 5.75 Å². The van der Waals surface area contributed by atoms with Crippen LogP contribution in [0.25, 0.3) is 0 Å². The zero-order valence-corrected chi connectivity index (χ0v) is 17.4. The van der Waals surface area contributed by atoms with E-state index in [4.69, 9.17) is 11.6 Å². The lowest BCUT2D eigenvalue weighted by atomic mass is 10.2. The van der Waals surface area contributed by atoms with E-state index in [0.29, 0.717) is 24.2 Å². The largest absolute Gasteiger partial charge is 0.508 e. The van der Waals surface area contributed by atoms with Gasteiger partial charge in [-0.05, 0) is 42.3 Å². The Morgan fingerprint density at radius 1 is 1.07 bits per heavy atom. The number of phenolic OH excluding ortho intramolecular Hbond substituents is 1. The maximum absolute atomic E-state index is 13.3. The first-order valence-corrected chi connectivity index (χ1v) is 11.1. The Hall–Kier alpha value is -3.03. The molecule has 0 fully saturated rings. The molecule has 6 nitrogen and oxygen atoms in total. The molecule has 30 heavy (non-hydrogen) atoms. The summed E-state index contributed by atoms with van der Waals surface area (Å²) >= 11 is 6.21. The van der Waals surface area contributed by atoms with E-state index in [1.807, 2.05) is 12.1 Å². The number of hydrogen-bond acceptors (Lipinski definition) is 4. The number of para-hydroxylation sites is 2. The van der Waals surface area contributed by atoms with Gasteiger partial charge in [-0.1, -0.05) is 48.0 Å². The minimum Gasteiger partial charge on any atom is -0.508 e. The molecule has 3 aromatic rings. The van der Waals surface area contributed by atoms with Gasteiger partial charge in [-0.2, -0.15) is 0 Å². The number of anilines is 1. The Morgan fingerprint density at radius 2 is 1.80 bits per heavy atom. The second-order valence-corrected chi connectivity index (χ2v) is 9.15. The SMILES string of the molecule is O=C(NCc1ccccc1O)c1ccc(Cl)c(S(=O)(=O)N2CCc3ccccc32)c1. The predicted molar refractivity (Wildman–Crippen MR) is 115 cm³/mol. The molecule has 0 bridgehead atoms. The van der Waals surface area contributed by atoms with E-state index in [2.05, 4.69) is 5.32 Å². The summed E-state index contributed by atoms with van der Waals surface area (Å²) in [7, 11) is -3.93. The van der Waals surface area contributed by atoms with Gasteiger partial charge in [-0.25, -0.2) is 8.42 Å². The van der Waals surface area contributed by atoms with Crippen molar-refractivity contribution in [3.05, 3.63) is 88.4 Å². The van der Waals surface area contributed by atoms with Crippen LogP contribution in [-0.4, -0.2) is 26.0 Å². The molecule has 154 valence electrons. The van der Waals surface area contributed by atoms with Gasteiger partial charge in [-0.15, -0.1) is 0 Å². The number of phenols is 1. The van der Waals surface area contributed by atoms with Gasteiger partial charge in [0, 0.05) is 24.2 Å². The molecule has 0 aromatic heterocycles. The van der Waals surface area contributed by atoms with E-state index >= 15 is 0 Å². The summed E-state index contributed by atoms with van der Waals surface area (Å²) in [5, 5.41) is 12.6. The standard InChI is InChI=1S/C22H19ClN2O4S/c23-18-10-9-16(22(27)24-14-17-6-2-4-8-20(17)26)13-21(18)30(28,29)25-12-11-15-5-1-3-7-19(15)25/h1-10,13,26H,11-12,14H2,(H,24,27). The molecular weight excluding hydrogens is 424 g/mol. The summed E-state index contributed by atoms with van der Waals surface area (Å²) in [5.41, 5.74) is 2.30. The summed E-state index contributed by atoms with van der Waals surface area (Å²) in [6.07, 6.45) is 0.619. The molecule has 8 heteroatoms. The third kappa shape index (κ3) is 3.74. The summed E-state index contributed by atoms with van der Waals surface area (Å²) < 4.78 is 27.9. The van der Waals surface area contributed by atoms with E-state index in [1.54, 1.807) is 30.3 Å². The Balaban J connectivity index is 1.60. The van der Waals surface area contributed by atoms with Gasteiger partial charge < -0.3 is 10.4 Å². The Bertz CT molecular complexity index is 1230. The number of nitrogens with zero attached hydrogens (tertiary/aromatic N) is 1. The van der Waals surface area contributed by atoms with Crippen LogP contribution in [0.15, 0.2) is 71.6 Å². The van der Waals surface area contributed by atoms with E-state index in [9.17, 15) is 18.3 Å². The highest BCUT2D eigenvalue weighted by Gasteiger charge is 2.32. The quantitative estimate of drug-likeness (QED) is 0.630. The third-order valence-corrected chi connectivity index (χ3v) is 7.33. The number of carbonyl (C=O) groups excluding carboxylic acids is 1. The molecule has 3 aromatic carbocycles. The monoisotopic (exact) mass is 442 g/mol. The highest BCUT2D eigenvalue weighted by molar-refractivity contribution is 7.93. The number of hydrogen-bond donors (Lipinski definition) is 2. The van der Waals surface area contributed by atoms with Crippen LogP contribution < -0.4 is 9.62 Å². The topological polar surface area (TPSA) is 86.7 Å². The highest BCUT2D eigenvalue weighted by atomic mass is 35.5. The van der Waals surface area contributed by atoms with Crippen molar-refractivity contribution in [1.29, 1.82) is 0 Å². The van der Waals surface area contributed by atoms with Crippen LogP contribution in [0.2, 0.25) is 5.02 Å². The van der Waals surface area contributed by atoms with Crippen LogP contribution in [0.3, 0.4) is 0 Å². The smallest absolute Gasteiger partial charge is 0.265 e. The van der Waals surface area contributed by atoms with Gasteiger partial charge in [0.15, 0.2) is 0 Å². The first kappa shape index (κ1) is 20.3. The van der Waals surface area contributed by atoms with Crippen molar-refractivity contribution in [2.45, 2.75) is 17.9 Å². The molecular formula is C22H19ClN2O4S. The lowest BCUT2D eigenvalue weighted by Crippen LogP contribution is -2.30. The van der Waals surface area contributed by atoms with Crippen molar-refractivity contribution in [2.75, 3.05) is 10.8 Å². The Labute approximate surface area is 179 Å². The fourth-order valence-corrected chi connectivity index (χ4v) is 5.46. The number of amides is 1. The second kappa shape index (κ2) is 8.01. The van der Waals surface area contributed by atoms with E-state index in [0.717, 1.165) is 5.56 Å². The molecule has 0 unspecified atom stereocenters. The van der Waals surface area contributed by atoms with Gasteiger partial charge in [0.05, 0.1) is 10.7 Å². The minimum absolute atomic E-state index is 0.0524. The number of nitrogens with one attached hydrogen (secondary N) is 1. The second-order valence-electron chi connectivity index (χ2n) is 6.91. The van der Waals surface area contributed by atoms with Gasteiger partial charge in [-0.3, -0.25) is 9.10 Å². The van der Waals surface area contributed by atoms with E-state index in [-0.39, 0.29) is 27.8 Å². The van der Waals surface area contributed by atoms with Crippen molar-refractivity contribution in [2.24, 2.45) is 0 Å². The van der Waals surface area contributed by atoms with E-state index < -0.39 is 15.9 Å². The molecule has 1 amide bonds. The van der Waals surface area contributed by atoms with Gasteiger partial charge >= 0.3 is 0 Å². The lowest BCUT2D eigenvalue weighted by Gasteiger charge is -2.20. The number of sulfonamides is 1. The fraction of sp³-hybridized carbons (Fsp3) is 0.136. The van der Waals surface area contributed by atoms with Gasteiger partial charge in [0.2, 0.25) is 0 Å². The first-order chi connectivity index (χ1) is 14.4. The molecule has 1 heterocycles. The number of rotatable bonds is 5. The number of halogens is 1. The van der Waals surface area contributed by atoms with Crippen molar-refractivity contribution in [1.82, 2.24) is 5.32 Å². The molecule has 0 aliphatic carbocycles. The van der Waals surface area contributed by atoms with Crippen molar-refractivity contribution in [3.63, 3.8) is 0 Å². The molecule has 0 saturated heterocycles. The summed E-state index contributed by atoms with van der Waals surface area (Å²) in [4.78, 5) is 12.5. The number of benzene rings is 3. The molecule has 0 atom stereocenters. The molecule has 1 aliphatic rings. The lowest BCUT2D eigenvalue weighted by molar-refractivity contribution is 0.0950. The Kier molecular flexibility index (Phi) is 5.40. The van der Waals surface area contributed by atoms with Crippen LogP contribution in [0.1, 0.15) is 21.5 Å². The van der Waals surface area contributed by atoms with E-state index in [1.165, 1.54) is 28.6 Å². The molecule has 4 rings (SSSR count). The average Bonchev–Trinajstić information content (AvgIpc) is 3.18. The van der Waals surface area contributed by atoms with Crippen LogP contribution >= 0.6 is 11.6 Å². The van der Waals surface area contributed by atoms with Crippen LogP contribution in [-0.2, 0) is 23.0 Å². The molecule has 0 radical (unpaired) electrons. The minimum atomic E-state index is -3.93. The van der Waals surface area contributed by atoms with Crippen LogP contribution in [0, 0.1) is 0 Å². The first-order valence-electron chi connectivity index (χ1n) is 9.33. The fourth-order valence-electron chi connectivity index (χ4n) is 3.46. The molecule has 1 aliphatic heterocycles. The predicted octanol–water partition coefficient (Wildman–Crippen LogP) is 3.73.